The third-order valence-corrected chi connectivity index (χ3v) is 3.80. The summed E-state index contributed by atoms with van der Waals surface area (Å²) in [4.78, 5) is 26.0. The van der Waals surface area contributed by atoms with Gasteiger partial charge in [-0.3, -0.25) is 9.59 Å². The van der Waals surface area contributed by atoms with Crippen molar-refractivity contribution in [3.63, 3.8) is 0 Å². The van der Waals surface area contributed by atoms with Crippen molar-refractivity contribution in [2.75, 3.05) is 6.61 Å². The van der Waals surface area contributed by atoms with Gasteiger partial charge in [-0.25, -0.2) is 4.99 Å². The summed E-state index contributed by atoms with van der Waals surface area (Å²) in [5.74, 6) is 0.316. The SMILES string of the molecule is C=CC1=C(/C=C\C)C(=O)C(CC)C1O.C=CC1=C(N=C)NC(=O)CO1.CC.CC.CC. The molecule has 1 aliphatic heterocycles. The number of carbonyl (C=O) groups excluding carboxylic acids is 2. The predicted octanol–water partition coefficient (Wildman–Crippen LogP) is 5.28. The number of aliphatic hydroxyl groups excluding tert-OH is 1. The van der Waals surface area contributed by atoms with Crippen molar-refractivity contribution in [3.05, 3.63) is 60.2 Å². The average molecular weight is 435 g/mol. The third kappa shape index (κ3) is 10.2. The quantitative estimate of drug-likeness (QED) is 0.576. The largest absolute Gasteiger partial charge is 0.480 e. The summed E-state index contributed by atoms with van der Waals surface area (Å²) in [6.45, 7) is 26.2. The van der Waals surface area contributed by atoms with E-state index in [1.807, 2.05) is 61.5 Å². The Morgan fingerprint density at radius 1 is 1.13 bits per heavy atom. The van der Waals surface area contributed by atoms with E-state index in [-0.39, 0.29) is 24.2 Å². The lowest BCUT2D eigenvalue weighted by atomic mass is 9.98. The number of nitrogens with one attached hydrogen (secondary N) is 1. The molecule has 2 rings (SSSR count). The van der Waals surface area contributed by atoms with Crippen molar-refractivity contribution in [3.8, 4) is 0 Å². The topological polar surface area (TPSA) is 88.0 Å². The smallest absolute Gasteiger partial charge is 0.263 e. The molecule has 0 bridgehead atoms. The number of amides is 1. The predicted molar refractivity (Wildman–Crippen MR) is 132 cm³/mol. The Hall–Kier alpha value is -2.73. The minimum Gasteiger partial charge on any atom is -0.480 e. The molecular formula is C25H42N2O4. The van der Waals surface area contributed by atoms with Crippen LogP contribution in [-0.2, 0) is 14.3 Å². The first-order valence-corrected chi connectivity index (χ1v) is 10.9. The van der Waals surface area contributed by atoms with E-state index in [0.717, 1.165) is 0 Å². The van der Waals surface area contributed by atoms with Gasteiger partial charge >= 0.3 is 0 Å². The molecule has 6 nitrogen and oxygen atoms in total. The molecule has 6 heteroatoms. The van der Waals surface area contributed by atoms with Crippen molar-refractivity contribution in [2.24, 2.45) is 10.9 Å². The number of aliphatic hydroxyl groups is 1. The van der Waals surface area contributed by atoms with Gasteiger partial charge in [-0.2, -0.15) is 0 Å². The van der Waals surface area contributed by atoms with Crippen LogP contribution in [-0.4, -0.2) is 36.2 Å². The third-order valence-electron chi connectivity index (χ3n) is 3.80. The van der Waals surface area contributed by atoms with Crippen LogP contribution in [0.25, 0.3) is 0 Å². The fraction of sp³-hybridized carbons (Fsp3) is 0.480. The highest BCUT2D eigenvalue weighted by Gasteiger charge is 2.36. The molecule has 2 unspecified atom stereocenters. The zero-order chi connectivity index (χ0) is 25.0. The summed E-state index contributed by atoms with van der Waals surface area (Å²) in [5, 5.41) is 12.3. The van der Waals surface area contributed by atoms with Crippen LogP contribution in [0, 0.1) is 5.92 Å². The summed E-state index contributed by atoms with van der Waals surface area (Å²) in [5.41, 5.74) is 1.28. The van der Waals surface area contributed by atoms with Crippen LogP contribution in [0.2, 0.25) is 0 Å². The molecule has 176 valence electrons. The number of carbonyl (C=O) groups is 2. The molecule has 1 aliphatic carbocycles. The standard InChI is InChI=1S/C12H16O2.C7H8N2O2.3C2H6/c1-4-7-10-8(5-2)11(13)9(6-3)12(10)14;1-3-5-7(8-2)9-6(10)4-11-5;3*1-2/h4-5,7,9,11,13H,2,6H2,1,3H3;3H,1-2,4H2,(H,9,10);3*1-2H3/b7-4-;;;;. The lowest BCUT2D eigenvalue weighted by Crippen LogP contribution is -2.31. The Balaban J connectivity index is -0.000000414. The van der Waals surface area contributed by atoms with Crippen molar-refractivity contribution in [2.45, 2.75) is 67.9 Å². The number of allylic oxidation sites excluding steroid dienone is 4. The molecule has 0 aromatic heterocycles. The first kappa shape index (κ1) is 32.9. The summed E-state index contributed by atoms with van der Waals surface area (Å²) >= 11 is 0. The molecule has 1 heterocycles. The van der Waals surface area contributed by atoms with Gasteiger partial charge in [0.2, 0.25) is 0 Å². The molecule has 0 aromatic carbocycles. The fourth-order valence-corrected chi connectivity index (χ4v) is 2.56. The van der Waals surface area contributed by atoms with Crippen LogP contribution in [0.5, 0.6) is 0 Å². The lowest BCUT2D eigenvalue weighted by molar-refractivity contribution is -0.125. The van der Waals surface area contributed by atoms with Crippen molar-refractivity contribution >= 4 is 18.4 Å². The Labute approximate surface area is 189 Å². The van der Waals surface area contributed by atoms with Gasteiger partial charge in [0.05, 0.1) is 12.0 Å². The van der Waals surface area contributed by atoms with Crippen LogP contribution in [0.15, 0.2) is 65.2 Å². The monoisotopic (exact) mass is 434 g/mol. The Kier molecular flexibility index (Phi) is 21.8. The van der Waals surface area contributed by atoms with E-state index in [9.17, 15) is 14.7 Å². The maximum absolute atomic E-state index is 11.8. The van der Waals surface area contributed by atoms with Crippen LogP contribution < -0.4 is 5.32 Å². The molecule has 2 N–H and O–H groups in total. The summed E-state index contributed by atoms with van der Waals surface area (Å²) < 4.78 is 4.96. The molecule has 2 atom stereocenters. The van der Waals surface area contributed by atoms with Crippen LogP contribution in [0.3, 0.4) is 0 Å². The first-order valence-electron chi connectivity index (χ1n) is 10.9. The molecular weight excluding hydrogens is 392 g/mol. The molecule has 2 aliphatic rings. The summed E-state index contributed by atoms with van der Waals surface area (Å²) in [6, 6.07) is 0. The molecule has 0 aromatic rings. The van der Waals surface area contributed by atoms with Crippen LogP contribution in [0.1, 0.15) is 61.8 Å². The number of Topliss-reactive ketones (excluding diaryl/α,β-unsaturated/α-hetero) is 1. The summed E-state index contributed by atoms with van der Waals surface area (Å²) in [7, 11) is 0. The van der Waals surface area contributed by atoms with Gasteiger partial charge in [-0.05, 0) is 31.7 Å². The van der Waals surface area contributed by atoms with Gasteiger partial charge in [-0.1, -0.05) is 79.9 Å². The molecule has 1 amide bonds. The number of nitrogens with zero attached hydrogens (tertiary/aromatic N) is 1. The van der Waals surface area contributed by atoms with Crippen LogP contribution >= 0.6 is 0 Å². The number of hydrogen-bond donors (Lipinski definition) is 2. The van der Waals surface area contributed by atoms with Gasteiger partial charge < -0.3 is 15.2 Å². The molecule has 0 fully saturated rings. The van der Waals surface area contributed by atoms with Gasteiger partial charge in [-0.15, -0.1) is 0 Å². The number of aliphatic imine (C=N–C) groups is 1. The number of rotatable bonds is 5. The zero-order valence-electron chi connectivity index (χ0n) is 20.6. The minimum atomic E-state index is -0.670. The number of ketones is 1. The lowest BCUT2D eigenvalue weighted by Gasteiger charge is -2.15. The molecule has 0 radical (unpaired) electrons. The Bertz CT molecular complexity index is 673. The van der Waals surface area contributed by atoms with Crippen LogP contribution in [0.4, 0.5) is 0 Å². The van der Waals surface area contributed by atoms with Gasteiger partial charge in [0.25, 0.3) is 5.91 Å². The number of ether oxygens (including phenoxy) is 1. The molecule has 31 heavy (non-hydrogen) atoms. The summed E-state index contributed by atoms with van der Waals surface area (Å²) in [6.07, 6.45) is 6.60. The Morgan fingerprint density at radius 2 is 1.68 bits per heavy atom. The molecule has 0 saturated heterocycles. The highest BCUT2D eigenvalue weighted by Crippen LogP contribution is 2.32. The molecule has 0 saturated carbocycles. The van der Waals surface area contributed by atoms with E-state index in [1.54, 1.807) is 12.2 Å². The Morgan fingerprint density at radius 3 is 2.06 bits per heavy atom. The van der Waals surface area contributed by atoms with Gasteiger partial charge in [0, 0.05) is 5.57 Å². The van der Waals surface area contributed by atoms with E-state index in [2.05, 4.69) is 30.2 Å². The highest BCUT2D eigenvalue weighted by molar-refractivity contribution is 6.04. The zero-order valence-corrected chi connectivity index (χ0v) is 20.6. The van der Waals surface area contributed by atoms with Gasteiger partial charge in [0.15, 0.2) is 24.0 Å². The molecule has 0 spiro atoms. The van der Waals surface area contributed by atoms with Crippen molar-refractivity contribution in [1.29, 1.82) is 0 Å². The second-order valence-corrected chi connectivity index (χ2v) is 5.31. The van der Waals surface area contributed by atoms with E-state index in [1.165, 1.54) is 6.08 Å². The maximum Gasteiger partial charge on any atom is 0.263 e. The normalized spacial score (nSPS) is 19.1. The average Bonchev–Trinajstić information content (AvgIpc) is 3.06. The minimum absolute atomic E-state index is 0.0143. The second kappa shape index (κ2) is 20.5. The second-order valence-electron chi connectivity index (χ2n) is 5.31. The van der Waals surface area contributed by atoms with E-state index in [0.29, 0.717) is 29.1 Å². The van der Waals surface area contributed by atoms with E-state index in [4.69, 9.17) is 4.74 Å². The van der Waals surface area contributed by atoms with E-state index < -0.39 is 6.10 Å². The first-order chi connectivity index (χ1) is 14.9. The maximum atomic E-state index is 11.8. The number of hydrogen-bond acceptors (Lipinski definition) is 5. The fourth-order valence-electron chi connectivity index (χ4n) is 2.56. The highest BCUT2D eigenvalue weighted by atomic mass is 16.5. The van der Waals surface area contributed by atoms with Crippen molar-refractivity contribution in [1.82, 2.24) is 5.32 Å². The van der Waals surface area contributed by atoms with Crippen molar-refractivity contribution < 1.29 is 19.4 Å². The van der Waals surface area contributed by atoms with E-state index >= 15 is 0 Å². The van der Waals surface area contributed by atoms with Gasteiger partial charge in [0.1, 0.15) is 0 Å².